The molecule has 2 rings (SSSR count). The van der Waals surface area contributed by atoms with Crippen LogP contribution in [0.15, 0.2) is 24.3 Å². The number of carbonyl (C=O) groups excluding carboxylic acids is 2. The first-order valence-corrected chi connectivity index (χ1v) is 10.0. The summed E-state index contributed by atoms with van der Waals surface area (Å²) in [5.41, 5.74) is 1.73. The maximum Gasteiger partial charge on any atom is 0.350 e. The van der Waals surface area contributed by atoms with Gasteiger partial charge in [0.2, 0.25) is 0 Å². The summed E-state index contributed by atoms with van der Waals surface area (Å²) in [5.74, 6) is 0.203. The summed E-state index contributed by atoms with van der Waals surface area (Å²) in [6, 6.07) is 7.59. The summed E-state index contributed by atoms with van der Waals surface area (Å²) in [6.45, 7) is 7.77. The fourth-order valence-corrected chi connectivity index (χ4v) is 3.36. The highest BCUT2D eigenvalue weighted by Gasteiger charge is 2.17. The molecule has 0 unspecified atom stereocenters. The molecule has 0 aliphatic rings. The summed E-state index contributed by atoms with van der Waals surface area (Å²) in [7, 11) is 0. The molecular formula is C19H23N3O4S2. The molecule has 2 N–H and O–H groups in total. The second kappa shape index (κ2) is 10.1. The maximum absolute atomic E-state index is 12.0. The molecule has 0 fully saturated rings. The second-order valence-electron chi connectivity index (χ2n) is 6.17. The van der Waals surface area contributed by atoms with Gasteiger partial charge in [-0.3, -0.25) is 10.1 Å². The molecule has 0 radical (unpaired) electrons. The first kappa shape index (κ1) is 21.8. The molecule has 1 aromatic heterocycles. The average molecular weight is 422 g/mol. The van der Waals surface area contributed by atoms with E-state index < -0.39 is 11.9 Å². The number of aryl methyl sites for hydroxylation is 1. The molecule has 0 spiro atoms. The van der Waals surface area contributed by atoms with E-state index in [0.717, 1.165) is 11.3 Å². The third kappa shape index (κ3) is 6.28. The molecule has 0 saturated heterocycles. The molecule has 7 nitrogen and oxygen atoms in total. The van der Waals surface area contributed by atoms with Gasteiger partial charge >= 0.3 is 5.97 Å². The van der Waals surface area contributed by atoms with Crippen molar-refractivity contribution in [3.05, 3.63) is 40.4 Å². The monoisotopic (exact) mass is 421 g/mol. The van der Waals surface area contributed by atoms with Crippen LogP contribution >= 0.6 is 23.6 Å². The van der Waals surface area contributed by atoms with Crippen LogP contribution in [0.5, 0.6) is 5.75 Å². The Hall–Kier alpha value is -2.52. The fourth-order valence-electron chi connectivity index (χ4n) is 2.22. The van der Waals surface area contributed by atoms with Crippen LogP contribution < -0.4 is 15.4 Å². The largest absolute Gasteiger partial charge is 0.484 e. The van der Waals surface area contributed by atoms with Gasteiger partial charge in [-0.15, -0.1) is 0 Å². The molecule has 1 amide bonds. The number of thiazole rings is 1. The normalized spacial score (nSPS) is 10.5. The van der Waals surface area contributed by atoms with E-state index >= 15 is 0 Å². The van der Waals surface area contributed by atoms with Gasteiger partial charge < -0.3 is 14.8 Å². The average Bonchev–Trinajstić information content (AvgIpc) is 3.00. The summed E-state index contributed by atoms with van der Waals surface area (Å²) in [4.78, 5) is 28.4. The number of amides is 1. The van der Waals surface area contributed by atoms with Gasteiger partial charge in [-0.1, -0.05) is 37.3 Å². The zero-order valence-corrected chi connectivity index (χ0v) is 17.8. The number of anilines is 1. The quantitative estimate of drug-likeness (QED) is 0.521. The third-order valence-electron chi connectivity index (χ3n) is 3.65. The highest BCUT2D eigenvalue weighted by molar-refractivity contribution is 7.80. The summed E-state index contributed by atoms with van der Waals surface area (Å²) in [6.07, 6.45) is 0. The standard InChI is InChI=1S/C19H23N3O4S2/c1-5-25-17(24)16-12(4)20-19(28-16)22-18(27)21-15(23)10-26-14-8-6-13(7-9-14)11(2)3/h6-9,11H,5,10H2,1-4H3,(H2,20,21,22,23,27). The van der Waals surface area contributed by atoms with Crippen LogP contribution in [0, 0.1) is 6.92 Å². The van der Waals surface area contributed by atoms with Crippen molar-refractivity contribution in [2.24, 2.45) is 0 Å². The molecule has 1 aromatic carbocycles. The Morgan fingerprint density at radius 3 is 2.54 bits per heavy atom. The Morgan fingerprint density at radius 2 is 1.93 bits per heavy atom. The molecule has 150 valence electrons. The minimum absolute atomic E-state index is 0.0768. The molecular weight excluding hydrogens is 398 g/mol. The summed E-state index contributed by atoms with van der Waals surface area (Å²) >= 11 is 6.22. The maximum atomic E-state index is 12.0. The van der Waals surface area contributed by atoms with Crippen molar-refractivity contribution in [2.75, 3.05) is 18.5 Å². The van der Waals surface area contributed by atoms with Crippen LogP contribution in [-0.2, 0) is 9.53 Å². The van der Waals surface area contributed by atoms with Gasteiger partial charge in [0.15, 0.2) is 16.9 Å². The number of nitrogens with zero attached hydrogens (tertiary/aromatic N) is 1. The minimum Gasteiger partial charge on any atom is -0.484 e. The van der Waals surface area contributed by atoms with Gasteiger partial charge in [0.1, 0.15) is 10.6 Å². The Kier molecular flexibility index (Phi) is 7.89. The van der Waals surface area contributed by atoms with Crippen molar-refractivity contribution < 1.29 is 19.1 Å². The van der Waals surface area contributed by atoms with Crippen molar-refractivity contribution >= 4 is 45.7 Å². The number of aromatic nitrogens is 1. The van der Waals surface area contributed by atoms with Gasteiger partial charge in [-0.25, -0.2) is 9.78 Å². The highest BCUT2D eigenvalue weighted by Crippen LogP contribution is 2.23. The number of rotatable bonds is 7. The summed E-state index contributed by atoms with van der Waals surface area (Å²) < 4.78 is 10.4. The Balaban J connectivity index is 1.83. The van der Waals surface area contributed by atoms with Crippen LogP contribution in [0.2, 0.25) is 0 Å². The predicted octanol–water partition coefficient (Wildman–Crippen LogP) is 3.64. The minimum atomic E-state index is -0.433. The molecule has 0 aliphatic carbocycles. The molecule has 0 atom stereocenters. The van der Waals surface area contributed by atoms with Crippen molar-refractivity contribution in [3.8, 4) is 5.75 Å². The zero-order valence-electron chi connectivity index (χ0n) is 16.2. The second-order valence-corrected chi connectivity index (χ2v) is 7.58. The van der Waals surface area contributed by atoms with Gasteiger partial charge in [-0.2, -0.15) is 0 Å². The molecule has 0 bridgehead atoms. The van der Waals surface area contributed by atoms with E-state index in [1.54, 1.807) is 13.8 Å². The third-order valence-corrected chi connectivity index (χ3v) is 4.90. The lowest BCUT2D eigenvalue weighted by Gasteiger charge is -2.10. The van der Waals surface area contributed by atoms with E-state index in [4.69, 9.17) is 21.7 Å². The van der Waals surface area contributed by atoms with Crippen LogP contribution in [0.4, 0.5) is 5.13 Å². The number of benzene rings is 1. The number of ether oxygens (including phenoxy) is 2. The van der Waals surface area contributed by atoms with E-state index in [9.17, 15) is 9.59 Å². The molecule has 2 aromatic rings. The van der Waals surface area contributed by atoms with E-state index in [-0.39, 0.29) is 18.3 Å². The molecule has 0 aliphatic heterocycles. The first-order chi connectivity index (χ1) is 13.3. The number of esters is 1. The lowest BCUT2D eigenvalue weighted by atomic mass is 10.0. The van der Waals surface area contributed by atoms with Crippen molar-refractivity contribution in [2.45, 2.75) is 33.6 Å². The first-order valence-electron chi connectivity index (χ1n) is 8.78. The molecule has 1 heterocycles. The van der Waals surface area contributed by atoms with Crippen LogP contribution in [0.3, 0.4) is 0 Å². The van der Waals surface area contributed by atoms with E-state index in [1.807, 2.05) is 24.3 Å². The van der Waals surface area contributed by atoms with Crippen molar-refractivity contribution in [3.63, 3.8) is 0 Å². The number of carbonyl (C=O) groups is 2. The topological polar surface area (TPSA) is 89.6 Å². The molecule has 28 heavy (non-hydrogen) atoms. The summed E-state index contributed by atoms with van der Waals surface area (Å²) in [5, 5.41) is 5.79. The van der Waals surface area contributed by atoms with E-state index in [2.05, 4.69) is 29.5 Å². The predicted molar refractivity (Wildman–Crippen MR) is 113 cm³/mol. The smallest absolute Gasteiger partial charge is 0.350 e. The Bertz CT molecular complexity index is 847. The van der Waals surface area contributed by atoms with Crippen LogP contribution in [0.25, 0.3) is 0 Å². The van der Waals surface area contributed by atoms with Gasteiger partial charge in [0.25, 0.3) is 5.91 Å². The fraction of sp³-hybridized carbons (Fsp3) is 0.368. The van der Waals surface area contributed by atoms with Gasteiger partial charge in [0.05, 0.1) is 12.3 Å². The van der Waals surface area contributed by atoms with Crippen molar-refractivity contribution in [1.82, 2.24) is 10.3 Å². The van der Waals surface area contributed by atoms with Crippen LogP contribution in [-0.4, -0.2) is 35.2 Å². The highest BCUT2D eigenvalue weighted by atomic mass is 32.1. The van der Waals surface area contributed by atoms with E-state index in [1.165, 1.54) is 5.56 Å². The van der Waals surface area contributed by atoms with Crippen LogP contribution in [0.1, 0.15) is 47.6 Å². The van der Waals surface area contributed by atoms with E-state index in [0.29, 0.717) is 27.4 Å². The van der Waals surface area contributed by atoms with Gasteiger partial charge in [-0.05, 0) is 49.7 Å². The molecule has 9 heteroatoms. The molecule has 0 saturated carbocycles. The lowest BCUT2D eigenvalue weighted by molar-refractivity contribution is -0.121. The number of hydrogen-bond acceptors (Lipinski definition) is 7. The Labute approximate surface area is 173 Å². The Morgan fingerprint density at radius 1 is 1.25 bits per heavy atom. The number of thiocarbonyl (C=S) groups is 1. The number of hydrogen-bond donors (Lipinski definition) is 2. The van der Waals surface area contributed by atoms with Crippen molar-refractivity contribution in [1.29, 1.82) is 0 Å². The zero-order chi connectivity index (χ0) is 20.7. The SMILES string of the molecule is CCOC(=O)c1sc(NC(=S)NC(=O)COc2ccc(C(C)C)cc2)nc1C. The number of nitrogens with one attached hydrogen (secondary N) is 2. The van der Waals surface area contributed by atoms with Gasteiger partial charge in [0, 0.05) is 0 Å². The lowest BCUT2D eigenvalue weighted by Crippen LogP contribution is -2.37.